The Morgan fingerprint density at radius 1 is 0.850 bits per heavy atom. The fourth-order valence-electron chi connectivity index (χ4n) is 2.55. The van der Waals surface area contributed by atoms with Crippen molar-refractivity contribution in [2.45, 2.75) is 19.9 Å². The highest BCUT2D eigenvalue weighted by Gasteiger charge is 2.00. The van der Waals surface area contributed by atoms with Gasteiger partial charge < -0.3 is 5.32 Å². The molecule has 0 saturated carbocycles. The minimum Gasteiger partial charge on any atom is -0.381 e. The third-order valence-electron chi connectivity index (χ3n) is 3.70. The number of rotatable bonds is 4. The Balaban J connectivity index is 1.83. The lowest BCUT2D eigenvalue weighted by Crippen LogP contribution is -2.00. The van der Waals surface area contributed by atoms with E-state index in [1.54, 1.807) is 0 Å². The van der Waals surface area contributed by atoms with Gasteiger partial charge in [0.25, 0.3) is 0 Å². The number of aryl methyl sites for hydroxylation is 1. The first kappa shape index (κ1) is 12.7. The molecule has 3 aromatic rings. The molecule has 0 fully saturated rings. The standard InChI is InChI=1S/C19H19N/c1-2-15-7-5-11-18(13-15)20-14-17-10-6-9-16-8-3-4-12-19(16)17/h3-13,20H,2,14H2,1H3. The first-order chi connectivity index (χ1) is 9.86. The van der Waals surface area contributed by atoms with E-state index in [-0.39, 0.29) is 0 Å². The third-order valence-corrected chi connectivity index (χ3v) is 3.70. The van der Waals surface area contributed by atoms with Gasteiger partial charge in [0.15, 0.2) is 0 Å². The van der Waals surface area contributed by atoms with Crippen LogP contribution in [-0.2, 0) is 13.0 Å². The molecule has 0 amide bonds. The fourth-order valence-corrected chi connectivity index (χ4v) is 2.55. The van der Waals surface area contributed by atoms with Gasteiger partial charge in [-0.15, -0.1) is 0 Å². The summed E-state index contributed by atoms with van der Waals surface area (Å²) in [5, 5.41) is 6.16. The summed E-state index contributed by atoms with van der Waals surface area (Å²) < 4.78 is 0. The summed E-state index contributed by atoms with van der Waals surface area (Å²) in [6, 6.07) is 23.7. The van der Waals surface area contributed by atoms with Gasteiger partial charge in [-0.3, -0.25) is 0 Å². The van der Waals surface area contributed by atoms with Crippen LogP contribution in [0.25, 0.3) is 10.8 Å². The molecule has 0 bridgehead atoms. The molecule has 1 N–H and O–H groups in total. The summed E-state index contributed by atoms with van der Waals surface area (Å²) in [5.41, 5.74) is 3.90. The molecule has 100 valence electrons. The van der Waals surface area contributed by atoms with Gasteiger partial charge in [-0.25, -0.2) is 0 Å². The summed E-state index contributed by atoms with van der Waals surface area (Å²) in [6.07, 6.45) is 1.07. The van der Waals surface area contributed by atoms with Crippen molar-refractivity contribution in [3.63, 3.8) is 0 Å². The van der Waals surface area contributed by atoms with Gasteiger partial charge >= 0.3 is 0 Å². The van der Waals surface area contributed by atoms with Gasteiger partial charge in [-0.05, 0) is 40.5 Å². The quantitative estimate of drug-likeness (QED) is 0.695. The highest BCUT2D eigenvalue weighted by Crippen LogP contribution is 2.20. The van der Waals surface area contributed by atoms with Gasteiger partial charge in [-0.2, -0.15) is 0 Å². The predicted molar refractivity (Wildman–Crippen MR) is 87.1 cm³/mol. The minimum absolute atomic E-state index is 0.856. The molecule has 0 unspecified atom stereocenters. The Hall–Kier alpha value is -2.28. The van der Waals surface area contributed by atoms with Crippen molar-refractivity contribution in [1.82, 2.24) is 0 Å². The minimum atomic E-state index is 0.856. The average molecular weight is 261 g/mol. The molecule has 0 saturated heterocycles. The topological polar surface area (TPSA) is 12.0 Å². The lowest BCUT2D eigenvalue weighted by Gasteiger charge is -2.10. The molecule has 0 aromatic heterocycles. The average Bonchev–Trinajstić information content (AvgIpc) is 2.53. The number of nitrogens with one attached hydrogen (secondary N) is 1. The Kier molecular flexibility index (Phi) is 3.69. The zero-order valence-corrected chi connectivity index (χ0v) is 11.8. The van der Waals surface area contributed by atoms with Crippen molar-refractivity contribution in [2.24, 2.45) is 0 Å². The largest absolute Gasteiger partial charge is 0.381 e. The van der Waals surface area contributed by atoms with Gasteiger partial charge in [-0.1, -0.05) is 61.5 Å². The van der Waals surface area contributed by atoms with Crippen LogP contribution in [0.3, 0.4) is 0 Å². The second kappa shape index (κ2) is 5.79. The maximum atomic E-state index is 3.53. The van der Waals surface area contributed by atoms with Crippen LogP contribution in [0.2, 0.25) is 0 Å². The zero-order chi connectivity index (χ0) is 13.8. The second-order valence-electron chi connectivity index (χ2n) is 5.05. The summed E-state index contributed by atoms with van der Waals surface area (Å²) in [5.74, 6) is 0. The molecule has 0 aliphatic heterocycles. The lowest BCUT2D eigenvalue weighted by atomic mass is 10.0. The zero-order valence-electron chi connectivity index (χ0n) is 11.8. The molecule has 0 atom stereocenters. The molecule has 0 heterocycles. The Morgan fingerprint density at radius 2 is 1.65 bits per heavy atom. The molecule has 0 aliphatic rings. The van der Waals surface area contributed by atoms with Crippen molar-refractivity contribution in [2.75, 3.05) is 5.32 Å². The van der Waals surface area contributed by atoms with E-state index in [9.17, 15) is 0 Å². The number of hydrogen-bond donors (Lipinski definition) is 1. The molecule has 0 spiro atoms. The van der Waals surface area contributed by atoms with Crippen LogP contribution in [0, 0.1) is 0 Å². The van der Waals surface area contributed by atoms with Gasteiger partial charge in [0.2, 0.25) is 0 Å². The van der Waals surface area contributed by atoms with Crippen LogP contribution in [0.5, 0.6) is 0 Å². The van der Waals surface area contributed by atoms with E-state index in [1.165, 1.54) is 27.6 Å². The third kappa shape index (κ3) is 2.67. The molecular weight excluding hydrogens is 242 g/mol. The maximum Gasteiger partial charge on any atom is 0.0406 e. The van der Waals surface area contributed by atoms with E-state index in [1.807, 2.05) is 0 Å². The van der Waals surface area contributed by atoms with Crippen LogP contribution in [-0.4, -0.2) is 0 Å². The number of fused-ring (bicyclic) bond motifs is 1. The molecule has 0 aliphatic carbocycles. The van der Waals surface area contributed by atoms with Crippen molar-refractivity contribution in [3.05, 3.63) is 77.9 Å². The monoisotopic (exact) mass is 261 g/mol. The van der Waals surface area contributed by atoms with Crippen LogP contribution >= 0.6 is 0 Å². The van der Waals surface area contributed by atoms with Crippen molar-refractivity contribution in [1.29, 1.82) is 0 Å². The second-order valence-corrected chi connectivity index (χ2v) is 5.05. The lowest BCUT2D eigenvalue weighted by molar-refractivity contribution is 1.12. The Morgan fingerprint density at radius 3 is 2.55 bits per heavy atom. The summed E-state index contributed by atoms with van der Waals surface area (Å²) >= 11 is 0. The summed E-state index contributed by atoms with van der Waals surface area (Å²) in [7, 11) is 0. The molecule has 1 nitrogen and oxygen atoms in total. The van der Waals surface area contributed by atoms with Crippen molar-refractivity contribution >= 4 is 16.5 Å². The van der Waals surface area contributed by atoms with Gasteiger partial charge in [0.05, 0.1) is 0 Å². The number of benzene rings is 3. The highest BCUT2D eigenvalue weighted by molar-refractivity contribution is 5.85. The fraction of sp³-hybridized carbons (Fsp3) is 0.158. The molecular formula is C19H19N. The summed E-state index contributed by atoms with van der Waals surface area (Å²) in [6.45, 7) is 3.04. The Bertz CT molecular complexity index is 710. The molecule has 3 aromatic carbocycles. The molecule has 3 rings (SSSR count). The Labute approximate surface area is 120 Å². The molecule has 1 heteroatoms. The van der Waals surface area contributed by atoms with E-state index in [0.29, 0.717) is 0 Å². The van der Waals surface area contributed by atoms with E-state index >= 15 is 0 Å². The smallest absolute Gasteiger partial charge is 0.0406 e. The van der Waals surface area contributed by atoms with E-state index in [4.69, 9.17) is 0 Å². The van der Waals surface area contributed by atoms with Crippen LogP contribution < -0.4 is 5.32 Å². The van der Waals surface area contributed by atoms with Crippen LogP contribution in [0.1, 0.15) is 18.1 Å². The first-order valence-corrected chi connectivity index (χ1v) is 7.16. The van der Waals surface area contributed by atoms with Gasteiger partial charge in [0.1, 0.15) is 0 Å². The number of hydrogen-bond acceptors (Lipinski definition) is 1. The van der Waals surface area contributed by atoms with Gasteiger partial charge in [0, 0.05) is 12.2 Å². The van der Waals surface area contributed by atoms with E-state index in [2.05, 4.69) is 79.0 Å². The van der Waals surface area contributed by atoms with E-state index < -0.39 is 0 Å². The first-order valence-electron chi connectivity index (χ1n) is 7.16. The SMILES string of the molecule is CCc1cccc(NCc2cccc3ccccc23)c1. The number of anilines is 1. The maximum absolute atomic E-state index is 3.53. The van der Waals surface area contributed by atoms with Crippen molar-refractivity contribution in [3.8, 4) is 0 Å². The molecule has 0 radical (unpaired) electrons. The van der Waals surface area contributed by atoms with Crippen LogP contribution in [0.4, 0.5) is 5.69 Å². The summed E-state index contributed by atoms with van der Waals surface area (Å²) in [4.78, 5) is 0. The highest BCUT2D eigenvalue weighted by atomic mass is 14.9. The molecule has 20 heavy (non-hydrogen) atoms. The normalized spacial score (nSPS) is 10.7. The predicted octanol–water partition coefficient (Wildman–Crippen LogP) is 5.01. The van der Waals surface area contributed by atoms with Crippen LogP contribution in [0.15, 0.2) is 66.7 Å². The van der Waals surface area contributed by atoms with Crippen molar-refractivity contribution < 1.29 is 0 Å². The van der Waals surface area contributed by atoms with E-state index in [0.717, 1.165) is 13.0 Å².